The van der Waals surface area contributed by atoms with Gasteiger partial charge in [0.1, 0.15) is 10.5 Å². The number of ether oxygens (including phenoxy) is 1. The predicted octanol–water partition coefficient (Wildman–Crippen LogP) is 3.75. The van der Waals surface area contributed by atoms with Gasteiger partial charge in [0.15, 0.2) is 27.3 Å². The molecule has 11 heteroatoms. The van der Waals surface area contributed by atoms with E-state index in [1.807, 2.05) is 0 Å². The minimum Gasteiger partial charge on any atom is -0.385 e. The molecule has 0 aromatic heterocycles. The van der Waals surface area contributed by atoms with Gasteiger partial charge in [-0.1, -0.05) is 15.9 Å². The summed E-state index contributed by atoms with van der Waals surface area (Å²) in [5.74, 6) is -6.74. The lowest BCUT2D eigenvalue weighted by Crippen LogP contribution is -2.39. The molecule has 1 aliphatic heterocycles. The van der Waals surface area contributed by atoms with Crippen LogP contribution in [-0.2, 0) is 14.6 Å². The van der Waals surface area contributed by atoms with Crippen molar-refractivity contribution >= 4 is 43.0 Å². The molecule has 0 unspecified atom stereocenters. The molecule has 1 amide bonds. The van der Waals surface area contributed by atoms with Gasteiger partial charge >= 0.3 is 0 Å². The number of carbonyl (C=O) groups excluding carboxylic acids is 1. The van der Waals surface area contributed by atoms with Gasteiger partial charge in [0, 0.05) is 37.0 Å². The van der Waals surface area contributed by atoms with Gasteiger partial charge in [0.25, 0.3) is 5.91 Å². The highest BCUT2D eigenvalue weighted by atomic mass is 79.9. The Morgan fingerprint density at radius 1 is 1.17 bits per heavy atom. The van der Waals surface area contributed by atoms with Gasteiger partial charge in [-0.3, -0.25) is 4.79 Å². The summed E-state index contributed by atoms with van der Waals surface area (Å²) < 4.78 is 75.1. The average Bonchev–Trinajstić information content (AvgIpc) is 2.69. The molecule has 1 aliphatic rings. The summed E-state index contributed by atoms with van der Waals surface area (Å²) >= 11 is 3.22. The van der Waals surface area contributed by atoms with Gasteiger partial charge in [-0.25, -0.2) is 21.6 Å². The molecule has 0 saturated carbocycles. The maximum Gasteiger partial charge on any atom is 0.261 e. The first-order valence-corrected chi connectivity index (χ1v) is 11.4. The molecule has 0 spiro atoms. The normalized spacial score (nSPS) is 15.0. The minimum absolute atomic E-state index is 0.116. The van der Waals surface area contributed by atoms with Crippen LogP contribution >= 0.6 is 15.9 Å². The van der Waals surface area contributed by atoms with Crippen LogP contribution in [0.15, 0.2) is 33.6 Å². The largest absolute Gasteiger partial charge is 0.385 e. The maximum atomic E-state index is 15.3. The molecule has 3 rings (SSSR count). The Bertz CT molecular complexity index is 1080. The Labute approximate surface area is 180 Å². The quantitative estimate of drug-likeness (QED) is 0.477. The van der Waals surface area contributed by atoms with E-state index < -0.39 is 55.1 Å². The lowest BCUT2D eigenvalue weighted by molar-refractivity contribution is 0.101. The third kappa shape index (κ3) is 4.33. The zero-order valence-electron chi connectivity index (χ0n) is 15.8. The standard InChI is InChI=1S/C19H18BrF3N2O4S/c1-29-9-2-7-25-8-10-30(27,28)18-16(23)14(21)13(15(22)17(18)25)19(26)24-12-5-3-11(20)4-6-12/h3-6H,2,7-10H2,1H3,(H,24,26). The van der Waals surface area contributed by atoms with Crippen LogP contribution in [0.3, 0.4) is 0 Å². The number of carbonyl (C=O) groups is 1. The van der Waals surface area contributed by atoms with Crippen molar-refractivity contribution in [2.75, 3.05) is 42.8 Å². The Balaban J connectivity index is 2.09. The second-order valence-corrected chi connectivity index (χ2v) is 9.57. The summed E-state index contributed by atoms with van der Waals surface area (Å²) in [4.78, 5) is 12.8. The fraction of sp³-hybridized carbons (Fsp3) is 0.316. The Hall–Kier alpha value is -2.11. The number of benzene rings is 2. The maximum absolute atomic E-state index is 15.3. The third-order valence-electron chi connectivity index (χ3n) is 4.62. The van der Waals surface area contributed by atoms with E-state index in [0.717, 1.165) is 4.47 Å². The van der Waals surface area contributed by atoms with Crippen molar-refractivity contribution in [3.05, 3.63) is 51.8 Å². The molecule has 0 fully saturated rings. The summed E-state index contributed by atoms with van der Waals surface area (Å²) in [6.07, 6.45) is 0.398. The molecule has 0 aliphatic carbocycles. The highest BCUT2D eigenvalue weighted by molar-refractivity contribution is 9.10. The molecule has 2 aromatic carbocycles. The van der Waals surface area contributed by atoms with Crippen molar-refractivity contribution in [1.82, 2.24) is 0 Å². The second kappa shape index (κ2) is 8.94. The molecule has 162 valence electrons. The van der Waals surface area contributed by atoms with E-state index in [1.165, 1.54) is 24.1 Å². The number of methoxy groups -OCH3 is 1. The van der Waals surface area contributed by atoms with E-state index in [-0.39, 0.29) is 18.8 Å². The van der Waals surface area contributed by atoms with Gasteiger partial charge in [-0.15, -0.1) is 0 Å². The van der Waals surface area contributed by atoms with E-state index >= 15 is 4.39 Å². The number of amides is 1. The minimum atomic E-state index is -4.25. The van der Waals surface area contributed by atoms with Crippen LogP contribution in [0.1, 0.15) is 16.8 Å². The van der Waals surface area contributed by atoms with E-state index in [1.54, 1.807) is 12.1 Å². The van der Waals surface area contributed by atoms with Crippen molar-refractivity contribution < 1.29 is 31.1 Å². The van der Waals surface area contributed by atoms with Gasteiger partial charge in [0.2, 0.25) is 0 Å². The topological polar surface area (TPSA) is 75.7 Å². The summed E-state index contributed by atoms with van der Waals surface area (Å²) in [5.41, 5.74) is -1.58. The molecular formula is C19H18BrF3N2O4S. The first-order valence-electron chi connectivity index (χ1n) is 8.91. The van der Waals surface area contributed by atoms with Crippen molar-refractivity contribution in [1.29, 1.82) is 0 Å². The van der Waals surface area contributed by atoms with E-state index in [4.69, 9.17) is 4.74 Å². The van der Waals surface area contributed by atoms with Crippen LogP contribution in [0.4, 0.5) is 24.5 Å². The van der Waals surface area contributed by atoms with Crippen molar-refractivity contribution in [2.24, 2.45) is 0 Å². The Morgan fingerprint density at radius 2 is 1.83 bits per heavy atom. The second-order valence-electron chi connectivity index (χ2n) is 6.61. The summed E-state index contributed by atoms with van der Waals surface area (Å²) in [6.45, 7) is 0.335. The van der Waals surface area contributed by atoms with E-state index in [2.05, 4.69) is 21.2 Å². The van der Waals surface area contributed by atoms with Crippen LogP contribution in [-0.4, -0.2) is 46.9 Å². The molecule has 0 atom stereocenters. The number of fused-ring (bicyclic) bond motifs is 1. The SMILES string of the molecule is COCCCN1CCS(=O)(=O)c2c(F)c(F)c(C(=O)Nc3ccc(Br)cc3)c(F)c21. The van der Waals surface area contributed by atoms with Crippen LogP contribution in [0, 0.1) is 17.5 Å². The lowest BCUT2D eigenvalue weighted by Gasteiger charge is -2.32. The zero-order valence-corrected chi connectivity index (χ0v) is 18.2. The van der Waals surface area contributed by atoms with Crippen molar-refractivity contribution in [3.63, 3.8) is 0 Å². The zero-order chi connectivity index (χ0) is 22.1. The van der Waals surface area contributed by atoms with Gasteiger partial charge < -0.3 is 15.0 Å². The Kier molecular flexibility index (Phi) is 6.73. The summed E-state index contributed by atoms with van der Waals surface area (Å²) in [7, 11) is -2.79. The molecule has 1 N–H and O–H groups in total. The summed E-state index contributed by atoms with van der Waals surface area (Å²) in [6, 6.07) is 6.15. The molecule has 0 bridgehead atoms. The fourth-order valence-corrected chi connectivity index (χ4v) is 4.99. The van der Waals surface area contributed by atoms with E-state index in [0.29, 0.717) is 13.0 Å². The van der Waals surface area contributed by atoms with E-state index in [9.17, 15) is 22.0 Å². The third-order valence-corrected chi connectivity index (χ3v) is 6.86. The molecule has 30 heavy (non-hydrogen) atoms. The fourth-order valence-electron chi connectivity index (χ4n) is 3.19. The van der Waals surface area contributed by atoms with Crippen LogP contribution in [0.5, 0.6) is 0 Å². The number of rotatable bonds is 6. The van der Waals surface area contributed by atoms with Crippen molar-refractivity contribution in [3.8, 4) is 0 Å². The van der Waals surface area contributed by atoms with Gasteiger partial charge in [-0.05, 0) is 30.7 Å². The first-order chi connectivity index (χ1) is 14.2. The highest BCUT2D eigenvalue weighted by Crippen LogP contribution is 2.39. The molecule has 0 saturated heterocycles. The number of halogens is 4. The average molecular weight is 507 g/mol. The summed E-state index contributed by atoms with van der Waals surface area (Å²) in [5, 5.41) is 2.29. The highest BCUT2D eigenvalue weighted by Gasteiger charge is 2.39. The molecule has 0 radical (unpaired) electrons. The molecule has 1 heterocycles. The predicted molar refractivity (Wildman–Crippen MR) is 109 cm³/mol. The smallest absolute Gasteiger partial charge is 0.261 e. The number of sulfone groups is 1. The number of nitrogens with zero attached hydrogens (tertiary/aromatic N) is 1. The number of hydrogen-bond donors (Lipinski definition) is 1. The number of nitrogens with one attached hydrogen (secondary N) is 1. The molecule has 6 nitrogen and oxygen atoms in total. The first kappa shape index (κ1) is 22.6. The van der Waals surface area contributed by atoms with Crippen LogP contribution in [0.25, 0.3) is 0 Å². The lowest BCUT2D eigenvalue weighted by atomic mass is 10.1. The van der Waals surface area contributed by atoms with Gasteiger partial charge in [-0.2, -0.15) is 0 Å². The monoisotopic (exact) mass is 506 g/mol. The van der Waals surface area contributed by atoms with Gasteiger partial charge in [0.05, 0.1) is 11.4 Å². The van der Waals surface area contributed by atoms with Crippen LogP contribution < -0.4 is 10.2 Å². The number of anilines is 2. The Morgan fingerprint density at radius 3 is 2.47 bits per heavy atom. The molecular weight excluding hydrogens is 489 g/mol. The number of hydrogen-bond acceptors (Lipinski definition) is 5. The van der Waals surface area contributed by atoms with Crippen LogP contribution in [0.2, 0.25) is 0 Å². The van der Waals surface area contributed by atoms with Crippen molar-refractivity contribution in [2.45, 2.75) is 11.3 Å². The molecule has 2 aromatic rings.